The summed E-state index contributed by atoms with van der Waals surface area (Å²) in [5.74, 6) is 1.24. The van der Waals surface area contributed by atoms with Crippen LogP contribution < -0.4 is 0 Å². The van der Waals surface area contributed by atoms with Crippen molar-refractivity contribution in [3.8, 4) is 5.75 Å². The molecule has 3 aromatic rings. The fourth-order valence-electron chi connectivity index (χ4n) is 2.49. The highest BCUT2D eigenvalue weighted by Crippen LogP contribution is 2.31. The van der Waals surface area contributed by atoms with Crippen molar-refractivity contribution in [3.05, 3.63) is 53.3 Å². The van der Waals surface area contributed by atoms with E-state index in [2.05, 4.69) is 24.1 Å². The van der Waals surface area contributed by atoms with Crippen molar-refractivity contribution < 1.29 is 5.11 Å². The molecule has 1 N–H and O–H groups in total. The number of azo groups is 1. The summed E-state index contributed by atoms with van der Waals surface area (Å²) in [5.41, 5.74) is 4.58. The second kappa shape index (κ2) is 5.83. The highest BCUT2D eigenvalue weighted by molar-refractivity contribution is 5.55. The standard InChI is InChI=1S/C18H20N4O/c1-11(2)17-18(22-8-7-12(3)9-16(22)19-17)21-20-15-6-5-14(23)10-13(15)4/h5-11,23H,1-4H3. The largest absolute Gasteiger partial charge is 0.508 e. The van der Waals surface area contributed by atoms with Crippen molar-refractivity contribution >= 4 is 17.2 Å². The van der Waals surface area contributed by atoms with Gasteiger partial charge in [-0.3, -0.25) is 4.40 Å². The van der Waals surface area contributed by atoms with Gasteiger partial charge >= 0.3 is 0 Å². The maximum Gasteiger partial charge on any atom is 0.183 e. The number of aromatic hydroxyl groups is 1. The molecule has 0 aliphatic rings. The van der Waals surface area contributed by atoms with Gasteiger partial charge in [0, 0.05) is 6.20 Å². The first kappa shape index (κ1) is 15.2. The molecular formula is C18H20N4O. The van der Waals surface area contributed by atoms with Crippen LogP contribution in [-0.2, 0) is 0 Å². The van der Waals surface area contributed by atoms with Crippen molar-refractivity contribution in [2.24, 2.45) is 10.2 Å². The van der Waals surface area contributed by atoms with Gasteiger partial charge in [-0.1, -0.05) is 13.8 Å². The number of benzene rings is 1. The molecule has 0 amide bonds. The molecule has 0 aliphatic carbocycles. The maximum absolute atomic E-state index is 9.49. The zero-order valence-electron chi connectivity index (χ0n) is 13.8. The average molecular weight is 308 g/mol. The molecule has 5 nitrogen and oxygen atoms in total. The Balaban J connectivity index is 2.11. The van der Waals surface area contributed by atoms with Crippen molar-refractivity contribution in [1.29, 1.82) is 0 Å². The average Bonchev–Trinajstić information content (AvgIpc) is 2.84. The molecule has 0 aliphatic heterocycles. The molecule has 5 heteroatoms. The maximum atomic E-state index is 9.49. The third-order valence-electron chi connectivity index (χ3n) is 3.76. The Hall–Kier alpha value is -2.69. The van der Waals surface area contributed by atoms with Gasteiger partial charge in [0.2, 0.25) is 0 Å². The first-order chi connectivity index (χ1) is 11.0. The molecule has 0 radical (unpaired) electrons. The molecule has 0 bridgehead atoms. The number of imidazole rings is 1. The zero-order valence-corrected chi connectivity index (χ0v) is 13.8. The summed E-state index contributed by atoms with van der Waals surface area (Å²) in [6.07, 6.45) is 1.97. The molecule has 0 atom stereocenters. The van der Waals surface area contributed by atoms with Crippen molar-refractivity contribution in [2.45, 2.75) is 33.6 Å². The summed E-state index contributed by atoms with van der Waals surface area (Å²) in [6, 6.07) is 9.12. The molecule has 0 fully saturated rings. The third-order valence-corrected chi connectivity index (χ3v) is 3.76. The lowest BCUT2D eigenvalue weighted by Crippen LogP contribution is -1.87. The second-order valence-electron chi connectivity index (χ2n) is 6.08. The van der Waals surface area contributed by atoms with Crippen LogP contribution in [0.1, 0.15) is 36.6 Å². The van der Waals surface area contributed by atoms with Gasteiger partial charge in [0.15, 0.2) is 5.82 Å². The molecular weight excluding hydrogens is 288 g/mol. The van der Waals surface area contributed by atoms with Gasteiger partial charge in [0.25, 0.3) is 0 Å². The van der Waals surface area contributed by atoms with E-state index in [4.69, 9.17) is 4.98 Å². The van der Waals surface area contributed by atoms with Gasteiger partial charge in [0.1, 0.15) is 11.4 Å². The fraction of sp³-hybridized carbons (Fsp3) is 0.278. The summed E-state index contributed by atoms with van der Waals surface area (Å²) < 4.78 is 1.96. The molecule has 1 aromatic carbocycles. The summed E-state index contributed by atoms with van der Waals surface area (Å²) in [4.78, 5) is 4.69. The van der Waals surface area contributed by atoms with Crippen molar-refractivity contribution in [2.75, 3.05) is 0 Å². The number of phenols is 1. The number of aryl methyl sites for hydroxylation is 2. The monoisotopic (exact) mass is 308 g/mol. The lowest BCUT2D eigenvalue weighted by molar-refractivity contribution is 0.475. The van der Waals surface area contributed by atoms with Crippen LogP contribution in [0, 0.1) is 13.8 Å². The van der Waals surface area contributed by atoms with E-state index in [0.29, 0.717) is 0 Å². The minimum absolute atomic E-state index is 0.231. The van der Waals surface area contributed by atoms with Crippen LogP contribution in [0.15, 0.2) is 46.8 Å². The molecule has 2 heterocycles. The van der Waals surface area contributed by atoms with E-state index in [9.17, 15) is 5.11 Å². The summed E-state index contributed by atoms with van der Waals surface area (Å²) in [7, 11) is 0. The molecule has 0 unspecified atom stereocenters. The van der Waals surface area contributed by atoms with Gasteiger partial charge in [-0.15, -0.1) is 10.2 Å². The lowest BCUT2D eigenvalue weighted by atomic mass is 10.1. The van der Waals surface area contributed by atoms with Crippen LogP contribution in [0.4, 0.5) is 11.5 Å². The van der Waals surface area contributed by atoms with Gasteiger partial charge < -0.3 is 5.11 Å². The van der Waals surface area contributed by atoms with Crippen molar-refractivity contribution in [1.82, 2.24) is 9.38 Å². The summed E-state index contributed by atoms with van der Waals surface area (Å²) in [5, 5.41) is 18.3. The number of hydrogen-bond acceptors (Lipinski definition) is 4. The number of nitrogens with zero attached hydrogens (tertiary/aromatic N) is 4. The molecule has 0 saturated heterocycles. The Morgan fingerprint density at radius 1 is 1.09 bits per heavy atom. The predicted octanol–water partition coefficient (Wildman–Crippen LogP) is 5.20. The highest BCUT2D eigenvalue weighted by Gasteiger charge is 2.15. The van der Waals surface area contributed by atoms with Crippen LogP contribution >= 0.6 is 0 Å². The Morgan fingerprint density at radius 3 is 2.57 bits per heavy atom. The van der Waals surface area contributed by atoms with Crippen LogP contribution in [-0.4, -0.2) is 14.5 Å². The van der Waals surface area contributed by atoms with Crippen LogP contribution in [0.5, 0.6) is 5.75 Å². The topological polar surface area (TPSA) is 62.2 Å². The Bertz CT molecular complexity index is 893. The predicted molar refractivity (Wildman–Crippen MR) is 91.0 cm³/mol. The highest BCUT2D eigenvalue weighted by atomic mass is 16.3. The lowest BCUT2D eigenvalue weighted by Gasteiger charge is -2.03. The minimum Gasteiger partial charge on any atom is -0.508 e. The van der Waals surface area contributed by atoms with E-state index >= 15 is 0 Å². The molecule has 0 saturated carbocycles. The van der Waals surface area contributed by atoms with Crippen molar-refractivity contribution in [3.63, 3.8) is 0 Å². The zero-order chi connectivity index (χ0) is 16.6. The van der Waals surface area contributed by atoms with Gasteiger partial charge in [-0.05, 0) is 61.2 Å². The Labute approximate surface area is 135 Å². The number of fused-ring (bicyclic) bond motifs is 1. The third kappa shape index (κ3) is 2.95. The quantitative estimate of drug-likeness (QED) is 0.676. The molecule has 0 spiro atoms. The summed E-state index contributed by atoms with van der Waals surface area (Å²) in [6.45, 7) is 8.14. The summed E-state index contributed by atoms with van der Waals surface area (Å²) >= 11 is 0. The fourth-order valence-corrected chi connectivity index (χ4v) is 2.49. The molecule has 2 aromatic heterocycles. The van der Waals surface area contributed by atoms with Gasteiger partial charge in [-0.25, -0.2) is 4.98 Å². The molecule has 118 valence electrons. The van der Waals surface area contributed by atoms with E-state index in [-0.39, 0.29) is 11.7 Å². The van der Waals surface area contributed by atoms with Crippen LogP contribution in [0.25, 0.3) is 5.65 Å². The van der Waals surface area contributed by atoms with E-state index in [0.717, 1.165) is 34.0 Å². The van der Waals surface area contributed by atoms with E-state index in [1.165, 1.54) is 0 Å². The minimum atomic E-state index is 0.231. The number of phenolic OH excluding ortho intramolecular Hbond substituents is 1. The first-order valence-corrected chi connectivity index (χ1v) is 7.65. The SMILES string of the molecule is Cc1ccn2c(N=Nc3ccc(O)cc3C)c(C(C)C)nc2c1. The number of rotatable bonds is 3. The number of pyridine rings is 1. The Morgan fingerprint density at radius 2 is 1.87 bits per heavy atom. The van der Waals surface area contributed by atoms with E-state index in [1.54, 1.807) is 18.2 Å². The molecule has 23 heavy (non-hydrogen) atoms. The van der Waals surface area contributed by atoms with Gasteiger partial charge in [-0.2, -0.15) is 0 Å². The smallest absolute Gasteiger partial charge is 0.183 e. The van der Waals surface area contributed by atoms with Gasteiger partial charge in [0.05, 0.1) is 11.4 Å². The first-order valence-electron chi connectivity index (χ1n) is 7.65. The normalized spacial score (nSPS) is 11.9. The number of hydrogen-bond donors (Lipinski definition) is 1. The number of aromatic nitrogens is 2. The van der Waals surface area contributed by atoms with E-state index < -0.39 is 0 Å². The van der Waals surface area contributed by atoms with Crippen LogP contribution in [0.2, 0.25) is 0 Å². The van der Waals surface area contributed by atoms with Crippen LogP contribution in [0.3, 0.4) is 0 Å². The molecule has 3 rings (SSSR count). The second-order valence-corrected chi connectivity index (χ2v) is 6.08. The Kier molecular flexibility index (Phi) is 3.86. The van der Waals surface area contributed by atoms with E-state index in [1.807, 2.05) is 36.6 Å².